The first-order valence-corrected chi connectivity index (χ1v) is 10.3. The van der Waals surface area contributed by atoms with E-state index in [0.717, 1.165) is 51.6 Å². The summed E-state index contributed by atoms with van der Waals surface area (Å²) in [4.78, 5) is 26.7. The van der Waals surface area contributed by atoms with E-state index in [1.807, 2.05) is 4.90 Å². The zero-order valence-electron chi connectivity index (χ0n) is 16.0. The van der Waals surface area contributed by atoms with E-state index in [1.54, 1.807) is 24.3 Å². The number of amides is 1. The number of nitrogens with one attached hydrogen (secondary N) is 1. The SMILES string of the molecule is COC(=O)C1CCCCCC1NC1CCN(C(=O)c2ccc(Cl)cc2)CC1. The van der Waals surface area contributed by atoms with Gasteiger partial charge in [-0.2, -0.15) is 0 Å². The largest absolute Gasteiger partial charge is 0.469 e. The molecule has 1 aromatic rings. The van der Waals surface area contributed by atoms with Crippen molar-refractivity contribution in [2.24, 2.45) is 5.92 Å². The maximum absolute atomic E-state index is 12.6. The predicted molar refractivity (Wildman–Crippen MR) is 106 cm³/mol. The zero-order valence-corrected chi connectivity index (χ0v) is 16.7. The summed E-state index contributed by atoms with van der Waals surface area (Å²) in [7, 11) is 1.48. The molecule has 0 radical (unpaired) electrons. The van der Waals surface area contributed by atoms with Crippen molar-refractivity contribution in [3.8, 4) is 0 Å². The van der Waals surface area contributed by atoms with Gasteiger partial charge in [0.1, 0.15) is 0 Å². The lowest BCUT2D eigenvalue weighted by atomic mass is 9.92. The molecule has 0 aromatic heterocycles. The van der Waals surface area contributed by atoms with E-state index in [4.69, 9.17) is 16.3 Å². The molecule has 0 spiro atoms. The Labute approximate surface area is 166 Å². The molecule has 3 rings (SSSR count). The Morgan fingerprint density at radius 2 is 1.70 bits per heavy atom. The van der Waals surface area contributed by atoms with Gasteiger partial charge in [-0.3, -0.25) is 9.59 Å². The third-order valence-electron chi connectivity index (χ3n) is 5.84. The minimum atomic E-state index is -0.0928. The normalized spacial score (nSPS) is 24.3. The average molecular weight is 393 g/mol. The van der Waals surface area contributed by atoms with Crippen LogP contribution in [0, 0.1) is 5.92 Å². The summed E-state index contributed by atoms with van der Waals surface area (Å²) >= 11 is 5.90. The standard InChI is InChI=1S/C21H29ClN2O3/c1-27-21(26)18-5-3-2-4-6-19(18)23-17-11-13-24(14-12-17)20(25)15-7-9-16(22)10-8-15/h7-10,17-19,23H,2-6,11-14H2,1H3. The molecule has 1 N–H and O–H groups in total. The highest BCUT2D eigenvalue weighted by Crippen LogP contribution is 2.26. The maximum atomic E-state index is 12.6. The topological polar surface area (TPSA) is 58.6 Å². The van der Waals surface area contributed by atoms with Gasteiger partial charge in [0.05, 0.1) is 13.0 Å². The van der Waals surface area contributed by atoms with Crippen molar-refractivity contribution in [2.45, 2.75) is 57.0 Å². The molecule has 2 fully saturated rings. The fraction of sp³-hybridized carbons (Fsp3) is 0.619. The van der Waals surface area contributed by atoms with Crippen LogP contribution in [0.25, 0.3) is 0 Å². The van der Waals surface area contributed by atoms with Gasteiger partial charge in [-0.15, -0.1) is 0 Å². The minimum absolute atomic E-state index is 0.0498. The van der Waals surface area contributed by atoms with Crippen molar-refractivity contribution in [1.29, 1.82) is 0 Å². The van der Waals surface area contributed by atoms with Crippen LogP contribution in [0.1, 0.15) is 55.3 Å². The van der Waals surface area contributed by atoms with E-state index < -0.39 is 0 Å². The number of esters is 1. The third-order valence-corrected chi connectivity index (χ3v) is 6.09. The van der Waals surface area contributed by atoms with Crippen molar-refractivity contribution in [3.05, 3.63) is 34.9 Å². The quantitative estimate of drug-likeness (QED) is 0.627. The molecular formula is C21H29ClN2O3. The Hall–Kier alpha value is -1.59. The van der Waals surface area contributed by atoms with Gasteiger partial charge < -0.3 is 15.0 Å². The Morgan fingerprint density at radius 3 is 2.37 bits per heavy atom. The maximum Gasteiger partial charge on any atom is 0.310 e. The molecule has 1 saturated heterocycles. The van der Waals surface area contributed by atoms with E-state index in [2.05, 4.69) is 5.32 Å². The van der Waals surface area contributed by atoms with Crippen LogP contribution in [0.5, 0.6) is 0 Å². The number of hydrogen-bond donors (Lipinski definition) is 1. The molecule has 1 aromatic carbocycles. The van der Waals surface area contributed by atoms with Gasteiger partial charge in [0.25, 0.3) is 5.91 Å². The molecule has 2 atom stereocenters. The first-order chi connectivity index (χ1) is 13.1. The van der Waals surface area contributed by atoms with E-state index >= 15 is 0 Å². The second-order valence-corrected chi connectivity index (χ2v) is 8.05. The number of hydrogen-bond acceptors (Lipinski definition) is 4. The van der Waals surface area contributed by atoms with Gasteiger partial charge >= 0.3 is 5.97 Å². The molecule has 27 heavy (non-hydrogen) atoms. The Kier molecular flexibility index (Phi) is 7.13. The van der Waals surface area contributed by atoms with Crippen LogP contribution in [-0.4, -0.2) is 49.1 Å². The van der Waals surface area contributed by atoms with Gasteiger partial charge in [-0.05, 0) is 49.9 Å². The lowest BCUT2D eigenvalue weighted by Crippen LogP contribution is -2.50. The fourth-order valence-electron chi connectivity index (χ4n) is 4.27. The van der Waals surface area contributed by atoms with E-state index in [-0.39, 0.29) is 23.8 Å². The second kappa shape index (κ2) is 9.56. The van der Waals surface area contributed by atoms with Gasteiger partial charge in [-0.25, -0.2) is 0 Å². The number of likely N-dealkylation sites (tertiary alicyclic amines) is 1. The van der Waals surface area contributed by atoms with Crippen LogP contribution >= 0.6 is 11.6 Å². The van der Waals surface area contributed by atoms with Crippen LogP contribution in [0.3, 0.4) is 0 Å². The summed E-state index contributed by atoms with van der Waals surface area (Å²) < 4.78 is 5.03. The average Bonchev–Trinajstić information content (AvgIpc) is 2.93. The summed E-state index contributed by atoms with van der Waals surface area (Å²) in [5.41, 5.74) is 0.681. The van der Waals surface area contributed by atoms with Gasteiger partial charge in [-0.1, -0.05) is 30.9 Å². The fourth-order valence-corrected chi connectivity index (χ4v) is 4.39. The number of halogens is 1. The van der Waals surface area contributed by atoms with Gasteiger partial charge in [0.2, 0.25) is 0 Å². The lowest BCUT2D eigenvalue weighted by Gasteiger charge is -2.36. The Morgan fingerprint density at radius 1 is 1.04 bits per heavy atom. The number of ether oxygens (including phenoxy) is 1. The highest BCUT2D eigenvalue weighted by atomic mass is 35.5. The van der Waals surface area contributed by atoms with Crippen molar-refractivity contribution >= 4 is 23.5 Å². The van der Waals surface area contributed by atoms with Gasteiger partial charge in [0, 0.05) is 35.8 Å². The molecule has 1 aliphatic heterocycles. The number of carbonyl (C=O) groups is 2. The lowest BCUT2D eigenvalue weighted by molar-refractivity contribution is -0.146. The Bertz CT molecular complexity index is 641. The summed E-state index contributed by atoms with van der Waals surface area (Å²) in [6, 6.07) is 7.59. The molecule has 5 nitrogen and oxygen atoms in total. The molecule has 2 aliphatic rings. The summed E-state index contributed by atoms with van der Waals surface area (Å²) in [5.74, 6) is -0.0806. The minimum Gasteiger partial charge on any atom is -0.469 e. The first-order valence-electron chi connectivity index (χ1n) is 9.97. The zero-order chi connectivity index (χ0) is 19.2. The number of rotatable bonds is 4. The summed E-state index contributed by atoms with van der Waals surface area (Å²) in [6.45, 7) is 1.46. The number of carbonyl (C=O) groups excluding carboxylic acids is 2. The third kappa shape index (κ3) is 5.23. The molecule has 0 bridgehead atoms. The number of methoxy groups -OCH3 is 1. The van der Waals surface area contributed by atoms with E-state index in [1.165, 1.54) is 13.5 Å². The molecule has 6 heteroatoms. The smallest absolute Gasteiger partial charge is 0.310 e. The van der Waals surface area contributed by atoms with Crippen molar-refractivity contribution in [3.63, 3.8) is 0 Å². The molecule has 1 heterocycles. The number of benzene rings is 1. The molecule has 148 valence electrons. The van der Waals surface area contributed by atoms with Crippen LogP contribution in [-0.2, 0) is 9.53 Å². The second-order valence-electron chi connectivity index (χ2n) is 7.61. The van der Waals surface area contributed by atoms with E-state index in [0.29, 0.717) is 16.6 Å². The predicted octanol–water partition coefficient (Wildman–Crippen LogP) is 3.66. The highest BCUT2D eigenvalue weighted by Gasteiger charge is 2.33. The number of nitrogens with zero attached hydrogens (tertiary/aromatic N) is 1. The summed E-state index contributed by atoms with van der Waals surface area (Å²) in [6.07, 6.45) is 7.15. The van der Waals surface area contributed by atoms with E-state index in [9.17, 15) is 9.59 Å². The van der Waals surface area contributed by atoms with Crippen molar-refractivity contribution < 1.29 is 14.3 Å². The van der Waals surface area contributed by atoms with Crippen LogP contribution in [0.4, 0.5) is 0 Å². The van der Waals surface area contributed by atoms with Crippen LogP contribution in [0.15, 0.2) is 24.3 Å². The number of piperidine rings is 1. The molecule has 1 aliphatic carbocycles. The van der Waals surface area contributed by atoms with Gasteiger partial charge in [0.15, 0.2) is 0 Å². The molecular weight excluding hydrogens is 364 g/mol. The molecule has 2 unspecified atom stereocenters. The summed E-state index contributed by atoms with van der Waals surface area (Å²) in [5, 5.41) is 4.35. The van der Waals surface area contributed by atoms with Crippen molar-refractivity contribution in [1.82, 2.24) is 10.2 Å². The van der Waals surface area contributed by atoms with Crippen LogP contribution < -0.4 is 5.32 Å². The van der Waals surface area contributed by atoms with Crippen LogP contribution in [0.2, 0.25) is 5.02 Å². The molecule has 1 saturated carbocycles. The molecule has 1 amide bonds. The first kappa shape index (κ1) is 20.2. The monoisotopic (exact) mass is 392 g/mol. The van der Waals surface area contributed by atoms with Crippen molar-refractivity contribution in [2.75, 3.05) is 20.2 Å². The Balaban J connectivity index is 1.54. The highest BCUT2D eigenvalue weighted by molar-refractivity contribution is 6.30.